The summed E-state index contributed by atoms with van der Waals surface area (Å²) in [5.41, 5.74) is 0.880. The SMILES string of the molecule is CN(C)C(CNCc1csc(-c2ccc(C(F)(F)F)cc2)n1)c1ccco1. The van der Waals surface area contributed by atoms with Crippen molar-refractivity contribution in [3.63, 3.8) is 0 Å². The second-order valence-electron chi connectivity index (χ2n) is 6.34. The van der Waals surface area contributed by atoms with Gasteiger partial charge in [0.2, 0.25) is 0 Å². The topological polar surface area (TPSA) is 41.3 Å². The van der Waals surface area contributed by atoms with E-state index in [0.29, 0.717) is 23.7 Å². The van der Waals surface area contributed by atoms with Gasteiger partial charge in [0.1, 0.15) is 10.8 Å². The average molecular weight is 395 g/mol. The lowest BCUT2D eigenvalue weighted by molar-refractivity contribution is -0.137. The number of halogens is 3. The van der Waals surface area contributed by atoms with Gasteiger partial charge in [-0.05, 0) is 38.4 Å². The maximum atomic E-state index is 12.7. The molecule has 3 rings (SSSR count). The van der Waals surface area contributed by atoms with Crippen molar-refractivity contribution in [3.05, 3.63) is 65.1 Å². The van der Waals surface area contributed by atoms with Gasteiger partial charge in [0, 0.05) is 24.0 Å². The lowest BCUT2D eigenvalue weighted by atomic mass is 10.1. The quantitative estimate of drug-likeness (QED) is 0.623. The number of likely N-dealkylation sites (N-methyl/N-ethyl adjacent to an activating group) is 1. The van der Waals surface area contributed by atoms with E-state index in [1.165, 1.54) is 23.5 Å². The minimum atomic E-state index is -4.33. The molecule has 8 heteroatoms. The number of hydrogen-bond donors (Lipinski definition) is 1. The van der Waals surface area contributed by atoms with Crippen molar-refractivity contribution in [2.75, 3.05) is 20.6 Å². The van der Waals surface area contributed by atoms with Gasteiger partial charge in [-0.3, -0.25) is 4.90 Å². The molecule has 1 aromatic carbocycles. The summed E-state index contributed by atoms with van der Waals surface area (Å²) in [6.45, 7) is 1.26. The fourth-order valence-electron chi connectivity index (χ4n) is 2.68. The molecule has 1 atom stereocenters. The first-order valence-corrected chi connectivity index (χ1v) is 9.25. The van der Waals surface area contributed by atoms with Crippen molar-refractivity contribution in [2.24, 2.45) is 0 Å². The molecular weight excluding hydrogens is 375 g/mol. The van der Waals surface area contributed by atoms with Crippen LogP contribution in [-0.2, 0) is 12.7 Å². The highest BCUT2D eigenvalue weighted by molar-refractivity contribution is 7.13. The Hall–Kier alpha value is -2.16. The molecule has 0 bridgehead atoms. The van der Waals surface area contributed by atoms with E-state index in [9.17, 15) is 13.2 Å². The smallest absolute Gasteiger partial charge is 0.416 e. The first-order chi connectivity index (χ1) is 12.8. The minimum Gasteiger partial charge on any atom is -0.468 e. The van der Waals surface area contributed by atoms with E-state index in [0.717, 1.165) is 23.6 Å². The molecule has 2 aromatic heterocycles. The Bertz CT molecular complexity index is 842. The molecule has 0 radical (unpaired) electrons. The Morgan fingerprint density at radius 3 is 2.52 bits per heavy atom. The van der Waals surface area contributed by atoms with Crippen LogP contribution in [0, 0.1) is 0 Å². The summed E-state index contributed by atoms with van der Waals surface area (Å²) in [5, 5.41) is 5.98. The molecule has 4 nitrogen and oxygen atoms in total. The predicted molar refractivity (Wildman–Crippen MR) is 99.4 cm³/mol. The van der Waals surface area contributed by atoms with Crippen LogP contribution >= 0.6 is 11.3 Å². The molecule has 0 saturated carbocycles. The summed E-state index contributed by atoms with van der Waals surface area (Å²) in [4.78, 5) is 6.58. The fraction of sp³-hybridized carbons (Fsp3) is 0.316. The molecule has 0 aliphatic heterocycles. The number of alkyl halides is 3. The summed E-state index contributed by atoms with van der Waals surface area (Å²) >= 11 is 1.42. The third-order valence-corrected chi connectivity index (χ3v) is 5.09. The summed E-state index contributed by atoms with van der Waals surface area (Å²) in [5.74, 6) is 0.885. The largest absolute Gasteiger partial charge is 0.468 e. The van der Waals surface area contributed by atoms with E-state index >= 15 is 0 Å². The van der Waals surface area contributed by atoms with Crippen LogP contribution in [0.25, 0.3) is 10.6 Å². The molecule has 0 aliphatic carbocycles. The second-order valence-corrected chi connectivity index (χ2v) is 7.20. The lowest BCUT2D eigenvalue weighted by Crippen LogP contribution is -2.30. The number of aromatic nitrogens is 1. The van der Waals surface area contributed by atoms with Crippen molar-refractivity contribution >= 4 is 11.3 Å². The molecule has 0 fully saturated rings. The third-order valence-electron chi connectivity index (χ3n) is 4.15. The van der Waals surface area contributed by atoms with E-state index in [1.807, 2.05) is 31.6 Å². The van der Waals surface area contributed by atoms with Gasteiger partial charge in [0.15, 0.2) is 0 Å². The van der Waals surface area contributed by atoms with Gasteiger partial charge in [-0.15, -0.1) is 11.3 Å². The highest BCUT2D eigenvalue weighted by Gasteiger charge is 2.30. The monoisotopic (exact) mass is 395 g/mol. The molecule has 0 amide bonds. The molecule has 3 aromatic rings. The van der Waals surface area contributed by atoms with E-state index < -0.39 is 11.7 Å². The molecular formula is C19H20F3N3OS. The Morgan fingerprint density at radius 2 is 1.93 bits per heavy atom. The van der Waals surface area contributed by atoms with Gasteiger partial charge in [0.05, 0.1) is 23.6 Å². The minimum absolute atomic E-state index is 0.105. The van der Waals surface area contributed by atoms with Crippen LogP contribution in [0.1, 0.15) is 23.1 Å². The summed E-state index contributed by atoms with van der Waals surface area (Å²) < 4.78 is 43.5. The first-order valence-electron chi connectivity index (χ1n) is 8.37. The van der Waals surface area contributed by atoms with Gasteiger partial charge in [-0.1, -0.05) is 12.1 Å². The number of benzene rings is 1. The van der Waals surface area contributed by atoms with Crippen molar-refractivity contribution in [3.8, 4) is 10.6 Å². The summed E-state index contributed by atoms with van der Waals surface area (Å²) in [7, 11) is 3.97. The number of nitrogens with one attached hydrogen (secondary N) is 1. The van der Waals surface area contributed by atoms with Crippen LogP contribution in [0.3, 0.4) is 0 Å². The Morgan fingerprint density at radius 1 is 1.19 bits per heavy atom. The Kier molecular flexibility index (Phi) is 5.98. The zero-order valence-electron chi connectivity index (χ0n) is 15.0. The van der Waals surface area contributed by atoms with Gasteiger partial charge in [-0.2, -0.15) is 13.2 Å². The Balaban J connectivity index is 1.59. The van der Waals surface area contributed by atoms with Crippen LogP contribution in [-0.4, -0.2) is 30.5 Å². The second kappa shape index (κ2) is 8.24. The number of furan rings is 1. The van der Waals surface area contributed by atoms with Crippen molar-refractivity contribution in [1.82, 2.24) is 15.2 Å². The number of thiazole rings is 1. The third kappa shape index (κ3) is 4.97. The van der Waals surface area contributed by atoms with Crippen LogP contribution in [0.5, 0.6) is 0 Å². The van der Waals surface area contributed by atoms with Gasteiger partial charge in [0.25, 0.3) is 0 Å². The number of hydrogen-bond acceptors (Lipinski definition) is 5. The highest BCUT2D eigenvalue weighted by Crippen LogP contribution is 2.31. The van der Waals surface area contributed by atoms with Gasteiger partial charge in [-0.25, -0.2) is 4.98 Å². The number of nitrogens with zero attached hydrogens (tertiary/aromatic N) is 2. The summed E-state index contributed by atoms with van der Waals surface area (Å²) in [6.07, 6.45) is -2.67. The lowest BCUT2D eigenvalue weighted by Gasteiger charge is -2.22. The predicted octanol–water partition coefficient (Wildman–Crippen LogP) is 4.81. The number of rotatable bonds is 7. The van der Waals surface area contributed by atoms with E-state index in [2.05, 4.69) is 15.2 Å². The normalized spacial score (nSPS) is 13.3. The van der Waals surface area contributed by atoms with E-state index in [-0.39, 0.29) is 6.04 Å². The molecule has 144 valence electrons. The molecule has 0 saturated heterocycles. The average Bonchev–Trinajstić information content (AvgIpc) is 3.30. The van der Waals surface area contributed by atoms with E-state index in [4.69, 9.17) is 4.42 Å². The fourth-order valence-corrected chi connectivity index (χ4v) is 3.50. The highest BCUT2D eigenvalue weighted by atomic mass is 32.1. The van der Waals surface area contributed by atoms with E-state index in [1.54, 1.807) is 6.26 Å². The maximum Gasteiger partial charge on any atom is 0.416 e. The van der Waals surface area contributed by atoms with Gasteiger partial charge < -0.3 is 9.73 Å². The van der Waals surface area contributed by atoms with Crippen molar-refractivity contribution in [1.29, 1.82) is 0 Å². The Labute approximate surface area is 159 Å². The molecule has 1 unspecified atom stereocenters. The molecule has 0 aliphatic rings. The van der Waals surface area contributed by atoms with Crippen molar-refractivity contribution in [2.45, 2.75) is 18.8 Å². The standard InChI is InChI=1S/C19H20F3N3OS/c1-25(2)16(17-4-3-9-26-17)11-23-10-15-12-27-18(24-15)13-5-7-14(8-6-13)19(20,21)22/h3-9,12,16,23H,10-11H2,1-2H3. The summed E-state index contributed by atoms with van der Waals surface area (Å²) in [6, 6.07) is 8.99. The van der Waals surface area contributed by atoms with Crippen LogP contribution < -0.4 is 5.32 Å². The van der Waals surface area contributed by atoms with Crippen LogP contribution in [0.2, 0.25) is 0 Å². The van der Waals surface area contributed by atoms with Crippen molar-refractivity contribution < 1.29 is 17.6 Å². The molecule has 1 N–H and O–H groups in total. The zero-order chi connectivity index (χ0) is 19.4. The zero-order valence-corrected chi connectivity index (χ0v) is 15.8. The first kappa shape index (κ1) is 19.6. The molecule has 2 heterocycles. The maximum absolute atomic E-state index is 12.7. The van der Waals surface area contributed by atoms with Gasteiger partial charge >= 0.3 is 6.18 Å². The molecule has 27 heavy (non-hydrogen) atoms. The van der Waals surface area contributed by atoms with Crippen LogP contribution in [0.4, 0.5) is 13.2 Å². The van der Waals surface area contributed by atoms with Crippen LogP contribution in [0.15, 0.2) is 52.5 Å². The molecule has 0 spiro atoms.